The second kappa shape index (κ2) is 7.19. The third-order valence-corrected chi connectivity index (χ3v) is 3.43. The van der Waals surface area contributed by atoms with Crippen molar-refractivity contribution in [1.82, 2.24) is 0 Å². The molecule has 0 bridgehead atoms. The van der Waals surface area contributed by atoms with Gasteiger partial charge in [0.2, 0.25) is 0 Å². The normalized spacial score (nSPS) is 10.5. The van der Waals surface area contributed by atoms with Crippen LogP contribution in [0.1, 0.15) is 5.56 Å². The summed E-state index contributed by atoms with van der Waals surface area (Å²) >= 11 is 1.74. The summed E-state index contributed by atoms with van der Waals surface area (Å²) in [4.78, 5) is 1.23. The molecule has 0 heterocycles. The lowest BCUT2D eigenvalue weighted by atomic mass is 10.2. The van der Waals surface area contributed by atoms with Crippen molar-refractivity contribution in [1.29, 1.82) is 0 Å². The van der Waals surface area contributed by atoms with Crippen molar-refractivity contribution in [2.75, 3.05) is 12.4 Å². The number of benzene rings is 2. The maximum Gasteiger partial charge on any atom is 0.128 e. The van der Waals surface area contributed by atoms with E-state index in [2.05, 4.69) is 12.1 Å². The first-order valence-corrected chi connectivity index (χ1v) is 6.84. The molecule has 2 aromatic rings. The molecule has 0 spiro atoms. The van der Waals surface area contributed by atoms with Gasteiger partial charge in [0, 0.05) is 16.2 Å². The second-order valence-electron chi connectivity index (χ2n) is 3.81. The summed E-state index contributed by atoms with van der Waals surface area (Å²) in [5.74, 6) is 0.673. The van der Waals surface area contributed by atoms with E-state index in [1.807, 2.05) is 24.3 Å². The van der Waals surface area contributed by atoms with Crippen LogP contribution in [-0.2, 0) is 11.3 Å². The zero-order valence-corrected chi connectivity index (χ0v) is 10.8. The minimum absolute atomic E-state index is 0.201. The maximum absolute atomic E-state index is 13.3. The van der Waals surface area contributed by atoms with E-state index < -0.39 is 0 Å². The molecular weight excluding hydrogens is 247 g/mol. The van der Waals surface area contributed by atoms with Crippen molar-refractivity contribution in [3.63, 3.8) is 0 Å². The fourth-order valence-corrected chi connectivity index (χ4v) is 2.32. The average Bonchev–Trinajstić information content (AvgIpc) is 2.42. The molecule has 0 aliphatic heterocycles. The molecule has 0 fully saturated rings. The van der Waals surface area contributed by atoms with Crippen LogP contribution >= 0.6 is 11.8 Å². The Morgan fingerprint density at radius 1 is 0.944 bits per heavy atom. The van der Waals surface area contributed by atoms with Gasteiger partial charge in [0.1, 0.15) is 5.82 Å². The molecule has 3 heteroatoms. The number of rotatable bonds is 6. The largest absolute Gasteiger partial charge is 0.376 e. The molecule has 0 saturated carbocycles. The Bertz CT molecular complexity index is 473. The molecule has 2 rings (SSSR count). The van der Waals surface area contributed by atoms with Crippen LogP contribution < -0.4 is 0 Å². The van der Waals surface area contributed by atoms with Crippen LogP contribution in [0.3, 0.4) is 0 Å². The lowest BCUT2D eigenvalue weighted by molar-refractivity contribution is 0.134. The molecule has 0 saturated heterocycles. The highest BCUT2D eigenvalue weighted by Gasteiger charge is 2.00. The minimum atomic E-state index is -0.201. The highest BCUT2D eigenvalue weighted by Crippen LogP contribution is 2.16. The van der Waals surface area contributed by atoms with E-state index in [0.29, 0.717) is 18.8 Å². The summed E-state index contributed by atoms with van der Waals surface area (Å²) in [6.45, 7) is 0.954. The average molecular weight is 262 g/mol. The summed E-state index contributed by atoms with van der Waals surface area (Å²) in [5.41, 5.74) is 0.613. The predicted octanol–water partition coefficient (Wildman–Crippen LogP) is 4.13. The zero-order chi connectivity index (χ0) is 12.6. The molecule has 0 aliphatic carbocycles. The van der Waals surface area contributed by atoms with Gasteiger partial charge in [-0.2, -0.15) is 0 Å². The van der Waals surface area contributed by atoms with E-state index in [4.69, 9.17) is 4.74 Å². The van der Waals surface area contributed by atoms with Gasteiger partial charge in [-0.1, -0.05) is 36.4 Å². The zero-order valence-electron chi connectivity index (χ0n) is 10.0. The predicted molar refractivity (Wildman–Crippen MR) is 73.2 cm³/mol. The standard InChI is InChI=1S/C15H15FOS/c16-15-9-5-4-6-13(15)12-17-10-11-18-14-7-2-1-3-8-14/h1-9H,10-12H2. The van der Waals surface area contributed by atoms with Crippen molar-refractivity contribution < 1.29 is 9.13 Å². The van der Waals surface area contributed by atoms with Crippen molar-refractivity contribution >= 4 is 11.8 Å². The summed E-state index contributed by atoms with van der Waals surface area (Å²) in [6.07, 6.45) is 0. The fraction of sp³-hybridized carbons (Fsp3) is 0.200. The molecule has 18 heavy (non-hydrogen) atoms. The highest BCUT2D eigenvalue weighted by molar-refractivity contribution is 7.99. The van der Waals surface area contributed by atoms with Crippen molar-refractivity contribution in [2.24, 2.45) is 0 Å². The van der Waals surface area contributed by atoms with E-state index in [9.17, 15) is 4.39 Å². The van der Waals surface area contributed by atoms with Crippen LogP contribution in [0.25, 0.3) is 0 Å². The quantitative estimate of drug-likeness (QED) is 0.571. The Hall–Kier alpha value is -1.32. The van der Waals surface area contributed by atoms with Gasteiger partial charge in [0.15, 0.2) is 0 Å². The summed E-state index contributed by atoms with van der Waals surface area (Å²) in [7, 11) is 0. The molecule has 94 valence electrons. The van der Waals surface area contributed by atoms with Crippen LogP contribution in [0.15, 0.2) is 59.5 Å². The Kier molecular flexibility index (Phi) is 5.24. The van der Waals surface area contributed by atoms with Crippen LogP contribution in [0.2, 0.25) is 0 Å². The molecule has 1 nitrogen and oxygen atoms in total. The monoisotopic (exact) mass is 262 g/mol. The second-order valence-corrected chi connectivity index (χ2v) is 4.97. The Labute approximate surface area is 111 Å². The number of ether oxygens (including phenoxy) is 1. The molecule has 2 aromatic carbocycles. The van der Waals surface area contributed by atoms with Crippen molar-refractivity contribution in [2.45, 2.75) is 11.5 Å². The third-order valence-electron chi connectivity index (χ3n) is 2.46. The first-order chi connectivity index (χ1) is 8.86. The number of thioether (sulfide) groups is 1. The lowest BCUT2D eigenvalue weighted by Gasteiger charge is -2.05. The van der Waals surface area contributed by atoms with Crippen LogP contribution in [0.5, 0.6) is 0 Å². The summed E-state index contributed by atoms with van der Waals surface area (Å²) in [6, 6.07) is 16.9. The van der Waals surface area contributed by atoms with Crippen LogP contribution in [0, 0.1) is 5.82 Å². The molecule has 0 amide bonds. The Balaban J connectivity index is 1.66. The van der Waals surface area contributed by atoms with Crippen molar-refractivity contribution in [3.8, 4) is 0 Å². The number of hydrogen-bond acceptors (Lipinski definition) is 2. The summed E-state index contributed by atoms with van der Waals surface area (Å²) < 4.78 is 18.7. The SMILES string of the molecule is Fc1ccccc1COCCSc1ccccc1. The topological polar surface area (TPSA) is 9.23 Å². The Morgan fingerprint density at radius 3 is 2.44 bits per heavy atom. The van der Waals surface area contributed by atoms with E-state index in [-0.39, 0.29) is 5.82 Å². The van der Waals surface area contributed by atoms with Crippen LogP contribution in [0.4, 0.5) is 4.39 Å². The molecular formula is C15H15FOS. The molecule has 0 radical (unpaired) electrons. The van der Waals surface area contributed by atoms with Gasteiger partial charge in [-0.25, -0.2) is 4.39 Å². The van der Waals surface area contributed by atoms with Gasteiger partial charge >= 0.3 is 0 Å². The minimum Gasteiger partial charge on any atom is -0.376 e. The van der Waals surface area contributed by atoms with E-state index in [0.717, 1.165) is 5.75 Å². The smallest absolute Gasteiger partial charge is 0.128 e. The first kappa shape index (κ1) is 13.1. The highest BCUT2D eigenvalue weighted by atomic mass is 32.2. The number of hydrogen-bond donors (Lipinski definition) is 0. The van der Waals surface area contributed by atoms with Gasteiger partial charge in [-0.3, -0.25) is 0 Å². The van der Waals surface area contributed by atoms with E-state index in [1.165, 1.54) is 11.0 Å². The molecule has 0 unspecified atom stereocenters. The molecule has 0 atom stereocenters. The molecule has 0 N–H and O–H groups in total. The van der Waals surface area contributed by atoms with E-state index in [1.54, 1.807) is 23.9 Å². The van der Waals surface area contributed by atoms with Crippen LogP contribution in [-0.4, -0.2) is 12.4 Å². The van der Waals surface area contributed by atoms with Crippen molar-refractivity contribution in [3.05, 3.63) is 66.0 Å². The fourth-order valence-electron chi connectivity index (χ4n) is 1.53. The molecule has 0 aromatic heterocycles. The third kappa shape index (κ3) is 4.17. The van der Waals surface area contributed by atoms with Gasteiger partial charge in [-0.05, 0) is 18.2 Å². The van der Waals surface area contributed by atoms with E-state index >= 15 is 0 Å². The van der Waals surface area contributed by atoms with Gasteiger partial charge < -0.3 is 4.74 Å². The first-order valence-electron chi connectivity index (χ1n) is 5.85. The summed E-state index contributed by atoms with van der Waals surface area (Å²) in [5, 5.41) is 0. The van der Waals surface area contributed by atoms with Gasteiger partial charge in [0.05, 0.1) is 13.2 Å². The molecule has 0 aliphatic rings. The van der Waals surface area contributed by atoms with Gasteiger partial charge in [0.25, 0.3) is 0 Å². The Morgan fingerprint density at radius 2 is 1.67 bits per heavy atom. The van der Waals surface area contributed by atoms with Gasteiger partial charge in [-0.15, -0.1) is 11.8 Å². The maximum atomic E-state index is 13.3. The lowest BCUT2D eigenvalue weighted by Crippen LogP contribution is -1.99. The number of halogens is 1.